The Labute approximate surface area is 121 Å². The second kappa shape index (κ2) is 5.80. The van der Waals surface area contributed by atoms with Crippen LogP contribution in [0.1, 0.15) is 31.7 Å². The van der Waals surface area contributed by atoms with Gasteiger partial charge in [0, 0.05) is 25.0 Å². The zero-order valence-corrected chi connectivity index (χ0v) is 12.4. The van der Waals surface area contributed by atoms with Gasteiger partial charge in [-0.05, 0) is 43.5 Å². The van der Waals surface area contributed by atoms with E-state index in [0.717, 1.165) is 30.8 Å². The van der Waals surface area contributed by atoms with Gasteiger partial charge < -0.3 is 10.2 Å². The van der Waals surface area contributed by atoms with Crippen LogP contribution in [0.25, 0.3) is 10.9 Å². The van der Waals surface area contributed by atoms with E-state index in [4.69, 9.17) is 4.98 Å². The van der Waals surface area contributed by atoms with Gasteiger partial charge in [0.15, 0.2) is 0 Å². The number of nitrogens with zero attached hydrogens (tertiary/aromatic N) is 2. The van der Waals surface area contributed by atoms with Crippen molar-refractivity contribution in [2.75, 3.05) is 18.5 Å². The number of fused-ring (bicyclic) bond motifs is 1. The van der Waals surface area contributed by atoms with Crippen molar-refractivity contribution in [1.82, 2.24) is 10.3 Å². The van der Waals surface area contributed by atoms with E-state index in [0.29, 0.717) is 6.04 Å². The molecule has 0 atom stereocenters. The smallest absolute Gasteiger partial charge is 0.129 e. The van der Waals surface area contributed by atoms with Gasteiger partial charge in [0.25, 0.3) is 0 Å². The molecule has 3 rings (SSSR count). The van der Waals surface area contributed by atoms with Crippen LogP contribution in [0.4, 0.5) is 5.82 Å². The van der Waals surface area contributed by atoms with Gasteiger partial charge in [-0.15, -0.1) is 0 Å². The zero-order valence-electron chi connectivity index (χ0n) is 12.4. The third-order valence-corrected chi connectivity index (χ3v) is 3.99. The van der Waals surface area contributed by atoms with Crippen molar-refractivity contribution in [1.29, 1.82) is 0 Å². The number of aromatic nitrogens is 1. The monoisotopic (exact) mass is 269 g/mol. The fourth-order valence-corrected chi connectivity index (χ4v) is 2.61. The van der Waals surface area contributed by atoms with Crippen molar-refractivity contribution in [3.8, 4) is 0 Å². The molecule has 1 saturated carbocycles. The summed E-state index contributed by atoms with van der Waals surface area (Å²) in [4.78, 5) is 7.15. The highest BCUT2D eigenvalue weighted by molar-refractivity contribution is 5.84. The van der Waals surface area contributed by atoms with Crippen LogP contribution in [0, 0.1) is 0 Å². The molecule has 0 saturated heterocycles. The first-order valence-electron chi connectivity index (χ1n) is 7.62. The molecule has 1 N–H and O–H groups in total. The first-order chi connectivity index (χ1) is 9.79. The van der Waals surface area contributed by atoms with Crippen LogP contribution in [-0.2, 0) is 6.54 Å². The van der Waals surface area contributed by atoms with Gasteiger partial charge in [0.2, 0.25) is 0 Å². The molecule has 0 unspecified atom stereocenters. The molecule has 1 aromatic heterocycles. The van der Waals surface area contributed by atoms with Gasteiger partial charge in [-0.25, -0.2) is 4.98 Å². The molecule has 3 heteroatoms. The number of para-hydroxylation sites is 1. The molecule has 20 heavy (non-hydrogen) atoms. The molecule has 1 heterocycles. The van der Waals surface area contributed by atoms with E-state index in [9.17, 15) is 0 Å². The molecule has 3 nitrogen and oxygen atoms in total. The van der Waals surface area contributed by atoms with Crippen molar-refractivity contribution in [2.24, 2.45) is 0 Å². The number of pyridine rings is 1. The summed E-state index contributed by atoms with van der Waals surface area (Å²) in [6, 6.07) is 11.4. The molecule has 1 fully saturated rings. The molecule has 1 aromatic carbocycles. The van der Waals surface area contributed by atoms with Crippen LogP contribution >= 0.6 is 0 Å². The average Bonchev–Trinajstić information content (AvgIpc) is 3.31. The number of hydrogen-bond acceptors (Lipinski definition) is 3. The van der Waals surface area contributed by atoms with Gasteiger partial charge >= 0.3 is 0 Å². The van der Waals surface area contributed by atoms with E-state index in [-0.39, 0.29) is 0 Å². The summed E-state index contributed by atoms with van der Waals surface area (Å²) in [7, 11) is 2.16. The fourth-order valence-electron chi connectivity index (χ4n) is 2.61. The van der Waals surface area contributed by atoms with Crippen LogP contribution in [0.2, 0.25) is 0 Å². The second-order valence-corrected chi connectivity index (χ2v) is 5.68. The van der Waals surface area contributed by atoms with Gasteiger partial charge in [-0.1, -0.05) is 25.1 Å². The van der Waals surface area contributed by atoms with E-state index in [1.54, 1.807) is 0 Å². The maximum atomic E-state index is 4.82. The molecule has 0 radical (unpaired) electrons. The predicted molar refractivity (Wildman–Crippen MR) is 85.2 cm³/mol. The molecule has 0 amide bonds. The zero-order chi connectivity index (χ0) is 13.9. The summed E-state index contributed by atoms with van der Waals surface area (Å²) < 4.78 is 0. The molecule has 0 bridgehead atoms. The molecular weight excluding hydrogens is 246 g/mol. The lowest BCUT2D eigenvalue weighted by Crippen LogP contribution is -2.21. The van der Waals surface area contributed by atoms with Crippen LogP contribution in [0.15, 0.2) is 30.3 Å². The summed E-state index contributed by atoms with van der Waals surface area (Å²) in [5.41, 5.74) is 2.46. The normalized spacial score (nSPS) is 14.7. The van der Waals surface area contributed by atoms with Crippen molar-refractivity contribution in [3.63, 3.8) is 0 Å². The Morgan fingerprint density at radius 3 is 2.85 bits per heavy atom. The topological polar surface area (TPSA) is 28.2 Å². The molecule has 106 valence electrons. The lowest BCUT2D eigenvalue weighted by Gasteiger charge is -2.19. The molecule has 1 aliphatic rings. The summed E-state index contributed by atoms with van der Waals surface area (Å²) in [6.07, 6.45) is 3.76. The van der Waals surface area contributed by atoms with Crippen LogP contribution in [-0.4, -0.2) is 24.6 Å². The van der Waals surface area contributed by atoms with E-state index >= 15 is 0 Å². The molecule has 0 aliphatic heterocycles. The van der Waals surface area contributed by atoms with Gasteiger partial charge in [0.05, 0.1) is 5.52 Å². The highest BCUT2D eigenvalue weighted by atomic mass is 15.2. The first kappa shape index (κ1) is 13.4. The number of anilines is 1. The lowest BCUT2D eigenvalue weighted by molar-refractivity contribution is 0.677. The van der Waals surface area contributed by atoms with E-state index in [1.807, 2.05) is 0 Å². The minimum absolute atomic E-state index is 0.695. The number of hydrogen-bond donors (Lipinski definition) is 1. The summed E-state index contributed by atoms with van der Waals surface area (Å²) in [5, 5.41) is 4.78. The Morgan fingerprint density at radius 1 is 1.30 bits per heavy atom. The van der Waals surface area contributed by atoms with Crippen molar-refractivity contribution in [2.45, 2.75) is 38.8 Å². The molecule has 2 aromatic rings. The SMILES string of the molecule is CCCNCc1cc(N(C)C2CC2)nc2ccccc12. The third-order valence-electron chi connectivity index (χ3n) is 3.99. The van der Waals surface area contributed by atoms with E-state index < -0.39 is 0 Å². The Hall–Kier alpha value is -1.61. The minimum atomic E-state index is 0.695. The summed E-state index contributed by atoms with van der Waals surface area (Å²) >= 11 is 0. The average molecular weight is 269 g/mol. The van der Waals surface area contributed by atoms with Gasteiger partial charge in [-0.3, -0.25) is 0 Å². The molecule has 0 spiro atoms. The Bertz CT molecular complexity index is 590. The predicted octanol–water partition coefficient (Wildman–Crippen LogP) is 3.33. The Morgan fingerprint density at radius 2 is 2.10 bits per heavy atom. The van der Waals surface area contributed by atoms with Crippen LogP contribution < -0.4 is 10.2 Å². The van der Waals surface area contributed by atoms with Gasteiger partial charge in [0.1, 0.15) is 5.82 Å². The highest BCUT2D eigenvalue weighted by Gasteiger charge is 2.27. The number of benzene rings is 1. The standard InChI is InChI=1S/C17H23N3/c1-3-10-18-12-13-11-17(20(2)14-8-9-14)19-16-7-5-4-6-15(13)16/h4-7,11,14,18H,3,8-10,12H2,1-2H3. The second-order valence-electron chi connectivity index (χ2n) is 5.68. The highest BCUT2D eigenvalue weighted by Crippen LogP contribution is 2.31. The number of nitrogens with one attached hydrogen (secondary N) is 1. The molecular formula is C17H23N3. The third kappa shape index (κ3) is 2.78. The molecule has 1 aliphatic carbocycles. The van der Waals surface area contributed by atoms with Crippen LogP contribution in [0.3, 0.4) is 0 Å². The van der Waals surface area contributed by atoms with Crippen molar-refractivity contribution in [3.05, 3.63) is 35.9 Å². The van der Waals surface area contributed by atoms with Gasteiger partial charge in [-0.2, -0.15) is 0 Å². The Balaban J connectivity index is 1.95. The largest absolute Gasteiger partial charge is 0.357 e. The van der Waals surface area contributed by atoms with E-state index in [2.05, 4.69) is 54.5 Å². The van der Waals surface area contributed by atoms with E-state index in [1.165, 1.54) is 23.8 Å². The van der Waals surface area contributed by atoms with Crippen molar-refractivity contribution < 1.29 is 0 Å². The first-order valence-corrected chi connectivity index (χ1v) is 7.62. The summed E-state index contributed by atoms with van der Waals surface area (Å²) in [5.74, 6) is 1.11. The Kier molecular flexibility index (Phi) is 3.88. The lowest BCUT2D eigenvalue weighted by atomic mass is 10.1. The maximum Gasteiger partial charge on any atom is 0.129 e. The van der Waals surface area contributed by atoms with Crippen LogP contribution in [0.5, 0.6) is 0 Å². The minimum Gasteiger partial charge on any atom is -0.357 e. The quantitative estimate of drug-likeness (QED) is 0.815. The maximum absolute atomic E-state index is 4.82. The van der Waals surface area contributed by atoms with Crippen molar-refractivity contribution >= 4 is 16.7 Å². The summed E-state index contributed by atoms with van der Waals surface area (Å²) in [6.45, 7) is 4.18. The number of rotatable bonds is 6. The fraction of sp³-hybridized carbons (Fsp3) is 0.471.